The van der Waals surface area contributed by atoms with E-state index in [1.807, 2.05) is 17.0 Å². The molecular weight excluding hydrogens is 861 g/mol. The average Bonchev–Trinajstić information content (AvgIpc) is 3.64. The van der Waals surface area contributed by atoms with Gasteiger partial charge < -0.3 is 30.1 Å². The molecule has 1 atom stereocenters. The molecule has 4 aliphatic heterocycles. The summed E-state index contributed by atoms with van der Waals surface area (Å²) < 4.78 is 20.0. The Morgan fingerprint density at radius 2 is 1.81 bits per heavy atom. The minimum atomic E-state index is -0.645. The van der Waals surface area contributed by atoms with Gasteiger partial charge in [-0.2, -0.15) is 0 Å². The number of thioether (sulfide) groups is 1. The Bertz CT molecular complexity index is 2440. The molecule has 0 radical (unpaired) electrons. The molecule has 3 fully saturated rings. The number of amides is 5. The van der Waals surface area contributed by atoms with Crippen molar-refractivity contribution in [1.82, 2.24) is 34.9 Å². The van der Waals surface area contributed by atoms with Gasteiger partial charge in [-0.1, -0.05) is 24.2 Å². The van der Waals surface area contributed by atoms with E-state index in [-0.39, 0.29) is 35.1 Å². The number of nitrogens with one attached hydrogen (secondary N) is 3. The van der Waals surface area contributed by atoms with E-state index in [0.717, 1.165) is 87.7 Å². The number of hydrogen-bond donors (Lipinski definition) is 3. The van der Waals surface area contributed by atoms with Crippen molar-refractivity contribution in [2.24, 2.45) is 0 Å². The van der Waals surface area contributed by atoms with Gasteiger partial charge in [-0.3, -0.25) is 34.2 Å². The highest BCUT2D eigenvalue weighted by atomic mass is 35.5. The summed E-state index contributed by atoms with van der Waals surface area (Å²) in [5.41, 5.74) is 3.09. The lowest BCUT2D eigenvalue weighted by molar-refractivity contribution is -0.137. The maximum absolute atomic E-state index is 13.8. The Labute approximate surface area is 380 Å². The van der Waals surface area contributed by atoms with E-state index in [1.165, 1.54) is 24.5 Å². The number of imide groups is 1. The van der Waals surface area contributed by atoms with Crippen molar-refractivity contribution in [3.63, 3.8) is 0 Å². The van der Waals surface area contributed by atoms with E-state index in [0.29, 0.717) is 71.4 Å². The number of ether oxygens (including phenoxy) is 1. The first-order valence-electron chi connectivity index (χ1n) is 21.7. The van der Waals surface area contributed by atoms with Gasteiger partial charge >= 0.3 is 0 Å². The number of carbonyl (C=O) groups is 5. The molecule has 1 unspecified atom stereocenters. The van der Waals surface area contributed by atoms with Gasteiger partial charge in [-0.15, -0.1) is 11.8 Å². The van der Waals surface area contributed by atoms with Crippen molar-refractivity contribution in [2.45, 2.75) is 68.5 Å². The van der Waals surface area contributed by atoms with Gasteiger partial charge in [0.25, 0.3) is 5.91 Å². The molecule has 3 saturated heterocycles. The number of fused-ring (bicyclic) bond motifs is 2. The van der Waals surface area contributed by atoms with Crippen LogP contribution in [0.4, 0.5) is 21.6 Å². The Balaban J connectivity index is 0.743. The van der Waals surface area contributed by atoms with E-state index >= 15 is 0 Å². The van der Waals surface area contributed by atoms with Crippen LogP contribution in [0.5, 0.6) is 5.75 Å². The number of halogens is 2. The molecule has 0 bridgehead atoms. The highest BCUT2D eigenvalue weighted by Crippen LogP contribution is 2.36. The van der Waals surface area contributed by atoms with Crippen LogP contribution in [0, 0.1) is 5.82 Å². The third-order valence-electron chi connectivity index (χ3n) is 12.3. The molecule has 18 heteroatoms. The molecule has 336 valence electrons. The second-order valence-electron chi connectivity index (χ2n) is 16.4. The van der Waals surface area contributed by atoms with Crippen LogP contribution < -0.4 is 20.7 Å². The van der Waals surface area contributed by atoms with Gasteiger partial charge in [0.1, 0.15) is 29.8 Å². The number of carbonyl (C=O) groups excluding carboxylic acids is 5. The van der Waals surface area contributed by atoms with Crippen molar-refractivity contribution in [3.05, 3.63) is 89.5 Å². The lowest BCUT2D eigenvalue weighted by Crippen LogP contribution is -2.54. The summed E-state index contributed by atoms with van der Waals surface area (Å²) in [4.78, 5) is 81.2. The van der Waals surface area contributed by atoms with Crippen LogP contribution in [0.15, 0.2) is 72.4 Å². The zero-order valence-corrected chi connectivity index (χ0v) is 37.0. The summed E-state index contributed by atoms with van der Waals surface area (Å²) in [5, 5.41) is 8.94. The number of nitrogens with zero attached hydrogens (tertiary/aromatic N) is 6. The summed E-state index contributed by atoms with van der Waals surface area (Å²) in [6.07, 6.45) is 7.26. The van der Waals surface area contributed by atoms with Gasteiger partial charge in [0.2, 0.25) is 23.6 Å². The molecule has 3 aromatic carbocycles. The molecule has 0 aliphatic carbocycles. The van der Waals surface area contributed by atoms with Gasteiger partial charge in [-0.05, 0) is 99.0 Å². The fraction of sp³-hybridized carbons (Fsp3) is 0.413. The summed E-state index contributed by atoms with van der Waals surface area (Å²) in [6.45, 7) is 10.4. The van der Waals surface area contributed by atoms with Crippen molar-refractivity contribution in [1.29, 1.82) is 0 Å². The number of aromatic nitrogens is 2. The molecule has 8 rings (SSSR count). The Morgan fingerprint density at radius 3 is 2.58 bits per heavy atom. The Morgan fingerprint density at radius 1 is 1.00 bits per heavy atom. The molecule has 3 N–H and O–H groups in total. The van der Waals surface area contributed by atoms with Crippen LogP contribution in [0.1, 0.15) is 60.9 Å². The number of anilines is 3. The number of hydrogen-bond acceptors (Lipinski definition) is 12. The number of piperidine rings is 2. The summed E-state index contributed by atoms with van der Waals surface area (Å²) in [6, 6.07) is 13.3. The number of piperazine rings is 1. The van der Waals surface area contributed by atoms with E-state index in [1.54, 1.807) is 40.9 Å². The van der Waals surface area contributed by atoms with Crippen LogP contribution >= 0.6 is 23.4 Å². The molecule has 0 saturated carbocycles. The third-order valence-corrected chi connectivity index (χ3v) is 13.8. The molecule has 4 aromatic rings. The molecule has 1 aromatic heterocycles. The zero-order chi connectivity index (χ0) is 44.7. The van der Waals surface area contributed by atoms with E-state index in [9.17, 15) is 28.4 Å². The standard InChI is InChI=1S/C46H51ClFN9O6S/c1-2-41(58)52-37-25-32-36(49-28-50-44(32)51-29-9-10-35(48)34(47)24-29)26-39(37)63-22-5-15-54-16-13-30(14-17-54)55-18-20-56(21-19-55)43(60)8-4-23-64-40-7-3-6-31-33(40)27-57(46(31)62)38-11-12-42(59)53-45(38)61/h2-3,6-7,9-10,24-26,28,30,38H,1,4-5,8,11-23,27H2,(H,52,58)(H,49,50,51)(H,53,59,61). The number of likely N-dealkylation sites (tertiary alicyclic amines) is 1. The number of benzene rings is 3. The lowest BCUT2D eigenvalue weighted by atomic mass is 10.0. The number of rotatable bonds is 16. The van der Waals surface area contributed by atoms with Gasteiger partial charge in [0.05, 0.1) is 22.8 Å². The fourth-order valence-electron chi connectivity index (χ4n) is 8.87. The second kappa shape index (κ2) is 20.5. The molecule has 0 spiro atoms. The molecule has 4 aliphatic rings. The predicted octanol–water partition coefficient (Wildman–Crippen LogP) is 6.00. The molecule has 5 heterocycles. The minimum absolute atomic E-state index is 0.0228. The monoisotopic (exact) mass is 911 g/mol. The van der Waals surface area contributed by atoms with Crippen LogP contribution in [0.2, 0.25) is 5.02 Å². The summed E-state index contributed by atoms with van der Waals surface area (Å²) in [5.74, 6) is 0.0216. The average molecular weight is 912 g/mol. The molecule has 64 heavy (non-hydrogen) atoms. The highest BCUT2D eigenvalue weighted by Gasteiger charge is 2.40. The Kier molecular flexibility index (Phi) is 14.4. The normalized spacial score (nSPS) is 18.5. The smallest absolute Gasteiger partial charge is 0.255 e. The summed E-state index contributed by atoms with van der Waals surface area (Å²) >= 11 is 7.62. The van der Waals surface area contributed by atoms with Gasteiger partial charge in [0.15, 0.2) is 0 Å². The first-order chi connectivity index (χ1) is 31.0. The minimum Gasteiger partial charge on any atom is -0.491 e. The molecular formula is C46H51ClFN9O6S. The summed E-state index contributed by atoms with van der Waals surface area (Å²) in [7, 11) is 0. The van der Waals surface area contributed by atoms with Crippen LogP contribution in [0.25, 0.3) is 10.9 Å². The maximum Gasteiger partial charge on any atom is 0.255 e. The fourth-order valence-corrected chi connectivity index (χ4v) is 10.1. The first kappa shape index (κ1) is 45.0. The lowest BCUT2D eigenvalue weighted by Gasteiger charge is -2.42. The van der Waals surface area contributed by atoms with E-state index < -0.39 is 17.8 Å². The first-order valence-corrected chi connectivity index (χ1v) is 23.1. The van der Waals surface area contributed by atoms with Crippen LogP contribution in [-0.4, -0.2) is 129 Å². The molecule has 5 amide bonds. The second-order valence-corrected chi connectivity index (χ2v) is 17.9. The zero-order valence-electron chi connectivity index (χ0n) is 35.5. The Hall–Kier alpha value is -5.62. The third kappa shape index (κ3) is 10.5. The van der Waals surface area contributed by atoms with Crippen molar-refractivity contribution in [2.75, 3.05) is 68.8 Å². The van der Waals surface area contributed by atoms with E-state index in [2.05, 4.69) is 42.3 Å². The topological polar surface area (TPSA) is 169 Å². The largest absolute Gasteiger partial charge is 0.491 e. The highest BCUT2D eigenvalue weighted by molar-refractivity contribution is 7.99. The van der Waals surface area contributed by atoms with Crippen molar-refractivity contribution < 1.29 is 33.1 Å². The van der Waals surface area contributed by atoms with Crippen LogP contribution in [0.3, 0.4) is 0 Å². The van der Waals surface area contributed by atoms with Crippen LogP contribution in [-0.2, 0) is 25.7 Å². The van der Waals surface area contributed by atoms with Crippen molar-refractivity contribution >= 4 is 81.0 Å². The van der Waals surface area contributed by atoms with Crippen molar-refractivity contribution in [3.8, 4) is 5.75 Å². The maximum atomic E-state index is 13.8. The SMILES string of the molecule is C=CC(=O)Nc1cc2c(Nc3ccc(F)c(Cl)c3)ncnc2cc1OCCCN1CCC(N2CCN(C(=O)CCCSc3cccc4c3CN(C3CCC(=O)NC3=O)C4=O)CC2)CC1. The van der Waals surface area contributed by atoms with Gasteiger partial charge in [-0.25, -0.2) is 14.4 Å². The predicted molar refractivity (Wildman–Crippen MR) is 243 cm³/mol. The van der Waals surface area contributed by atoms with E-state index in [4.69, 9.17) is 16.3 Å². The quantitative estimate of drug-likeness (QED) is 0.0520. The molecule has 15 nitrogen and oxygen atoms in total. The van der Waals surface area contributed by atoms with Gasteiger partial charge in [0, 0.05) is 85.8 Å².